The number of benzene rings is 2. The largest absolute Gasteiger partial charge is 0.491 e. The van der Waals surface area contributed by atoms with Crippen molar-refractivity contribution in [3.8, 4) is 5.75 Å². The van der Waals surface area contributed by atoms with Crippen molar-refractivity contribution in [3.63, 3.8) is 0 Å². The summed E-state index contributed by atoms with van der Waals surface area (Å²) in [5.74, 6) is 1.21. The standard InChI is InChI=1S/C38H53ClN4O5S.C2H6/c1-6-9-26-20-30(39)13-17-32(26)29-23-43(22-28-11-16-33(28)35(47-5)10-7-8-19-41(3)25(2)44)34-21-27(12-18-36(34)48-24-29)37(45)38(46)40-49-42(4)31-14-15-31;1-2/h7,10,12-13,17-18,20-21,28-29,31,33,35,37,45H,6,8-9,11,14-16,19,22-24H2,1-5H3,(H,40,46);1-2H3/b10-7+;. The van der Waals surface area contributed by atoms with Crippen LogP contribution in [0.4, 0.5) is 5.69 Å². The number of halogens is 1. The fourth-order valence-corrected chi connectivity index (χ4v) is 7.83. The number of nitrogens with zero attached hydrogens (tertiary/aromatic N) is 3. The van der Waals surface area contributed by atoms with E-state index in [0.29, 0.717) is 36.6 Å². The van der Waals surface area contributed by atoms with E-state index in [1.54, 1.807) is 25.0 Å². The van der Waals surface area contributed by atoms with E-state index in [4.69, 9.17) is 21.1 Å². The summed E-state index contributed by atoms with van der Waals surface area (Å²) >= 11 is 7.69. The molecule has 2 aromatic rings. The molecule has 5 rings (SSSR count). The van der Waals surface area contributed by atoms with Crippen LogP contribution in [0.3, 0.4) is 0 Å². The van der Waals surface area contributed by atoms with Crippen molar-refractivity contribution >= 4 is 41.2 Å². The van der Waals surface area contributed by atoms with Gasteiger partial charge in [0.25, 0.3) is 5.91 Å². The van der Waals surface area contributed by atoms with Crippen LogP contribution in [0.2, 0.25) is 5.02 Å². The number of carbonyl (C=O) groups is 2. The van der Waals surface area contributed by atoms with Crippen molar-refractivity contribution in [2.45, 2.75) is 96.8 Å². The van der Waals surface area contributed by atoms with E-state index in [1.807, 2.05) is 50.4 Å². The molecule has 2 saturated carbocycles. The minimum absolute atomic E-state index is 0.0181. The molecule has 9 nitrogen and oxygen atoms in total. The first-order valence-electron chi connectivity index (χ1n) is 18.7. The van der Waals surface area contributed by atoms with Crippen LogP contribution in [-0.4, -0.2) is 85.7 Å². The Morgan fingerprint density at radius 3 is 2.57 bits per heavy atom. The van der Waals surface area contributed by atoms with Gasteiger partial charge in [-0.25, -0.2) is 4.31 Å². The number of aryl methyl sites for hydroxylation is 1. The highest BCUT2D eigenvalue weighted by Crippen LogP contribution is 2.43. The molecule has 2 aliphatic carbocycles. The number of aliphatic hydroxyl groups is 1. The van der Waals surface area contributed by atoms with Gasteiger partial charge >= 0.3 is 0 Å². The summed E-state index contributed by atoms with van der Waals surface area (Å²) in [6, 6.07) is 12.3. The van der Waals surface area contributed by atoms with Crippen molar-refractivity contribution in [2.75, 3.05) is 52.3 Å². The maximum absolute atomic E-state index is 13.0. The van der Waals surface area contributed by atoms with Gasteiger partial charge in [0.2, 0.25) is 5.91 Å². The normalized spacial score (nSPS) is 21.1. The minimum Gasteiger partial charge on any atom is -0.491 e. The van der Waals surface area contributed by atoms with Crippen LogP contribution >= 0.6 is 23.7 Å². The third-order valence-electron chi connectivity index (χ3n) is 10.3. The summed E-state index contributed by atoms with van der Waals surface area (Å²) in [5.41, 5.74) is 3.92. The van der Waals surface area contributed by atoms with Crippen molar-refractivity contribution in [2.24, 2.45) is 11.8 Å². The molecular formula is C40H59ClN4O5S. The number of ether oxygens (including phenoxy) is 2. The molecule has 2 N–H and O–H groups in total. The highest BCUT2D eigenvalue weighted by molar-refractivity contribution is 7.95. The maximum atomic E-state index is 13.0. The van der Waals surface area contributed by atoms with Crippen molar-refractivity contribution < 1.29 is 24.2 Å². The number of rotatable bonds is 16. The summed E-state index contributed by atoms with van der Waals surface area (Å²) in [5, 5.41) is 11.9. The van der Waals surface area contributed by atoms with Gasteiger partial charge in [-0.3, -0.25) is 14.3 Å². The van der Waals surface area contributed by atoms with Crippen LogP contribution in [-0.2, 0) is 20.7 Å². The molecule has 1 aliphatic heterocycles. The Labute approximate surface area is 315 Å². The lowest BCUT2D eigenvalue weighted by atomic mass is 9.70. The third kappa shape index (κ3) is 11.1. The number of aliphatic hydroxyl groups excluding tert-OH is 1. The highest BCUT2D eigenvalue weighted by Gasteiger charge is 2.39. The predicted octanol–water partition coefficient (Wildman–Crippen LogP) is 7.57. The van der Waals surface area contributed by atoms with Gasteiger partial charge in [-0.15, -0.1) is 0 Å². The second kappa shape index (κ2) is 19.9. The molecule has 0 bridgehead atoms. The Morgan fingerprint density at radius 2 is 1.92 bits per heavy atom. The molecule has 0 aromatic heterocycles. The minimum atomic E-state index is -1.31. The average molecular weight is 743 g/mol. The monoisotopic (exact) mass is 742 g/mol. The Kier molecular flexibility index (Phi) is 16.0. The van der Waals surface area contributed by atoms with E-state index in [2.05, 4.69) is 40.8 Å². The maximum Gasteiger partial charge on any atom is 0.264 e. The molecule has 5 atom stereocenters. The van der Waals surface area contributed by atoms with Gasteiger partial charge in [0.1, 0.15) is 5.75 Å². The number of nitrogens with one attached hydrogen (secondary N) is 1. The van der Waals surface area contributed by atoms with E-state index in [1.165, 1.54) is 23.3 Å². The van der Waals surface area contributed by atoms with Gasteiger partial charge < -0.3 is 24.4 Å². The Bertz CT molecular complexity index is 1470. The third-order valence-corrected chi connectivity index (χ3v) is 11.4. The van der Waals surface area contributed by atoms with Crippen LogP contribution in [0.1, 0.15) is 94.9 Å². The van der Waals surface area contributed by atoms with Gasteiger partial charge in [0.15, 0.2) is 6.10 Å². The molecular weight excluding hydrogens is 684 g/mol. The fraction of sp³-hybridized carbons (Fsp3) is 0.600. The first kappa shape index (κ1) is 41.0. The van der Waals surface area contributed by atoms with Gasteiger partial charge in [-0.05, 0) is 98.4 Å². The Morgan fingerprint density at radius 1 is 1.16 bits per heavy atom. The van der Waals surface area contributed by atoms with Gasteiger partial charge in [-0.2, -0.15) is 0 Å². The van der Waals surface area contributed by atoms with Gasteiger partial charge in [0.05, 0.1) is 18.4 Å². The molecule has 1 heterocycles. The fourth-order valence-electron chi connectivity index (χ4n) is 6.93. The molecule has 0 saturated heterocycles. The van der Waals surface area contributed by atoms with Crippen LogP contribution < -0.4 is 14.4 Å². The smallest absolute Gasteiger partial charge is 0.264 e. The number of hydrogen-bond acceptors (Lipinski definition) is 8. The summed E-state index contributed by atoms with van der Waals surface area (Å²) in [6.45, 7) is 10.5. The number of fused-ring (bicyclic) bond motifs is 1. The quantitative estimate of drug-likeness (QED) is 0.134. The summed E-state index contributed by atoms with van der Waals surface area (Å²) in [6.07, 6.45) is 10.1. The molecule has 51 heavy (non-hydrogen) atoms. The van der Waals surface area contributed by atoms with Crippen LogP contribution in [0, 0.1) is 11.8 Å². The van der Waals surface area contributed by atoms with E-state index in [0.717, 1.165) is 74.5 Å². The summed E-state index contributed by atoms with van der Waals surface area (Å²) < 4.78 is 17.4. The van der Waals surface area contributed by atoms with E-state index >= 15 is 0 Å². The molecule has 2 aromatic carbocycles. The number of anilines is 1. The number of carbonyl (C=O) groups excluding carboxylic acids is 2. The molecule has 2 fully saturated rings. The molecule has 5 unspecified atom stereocenters. The number of methoxy groups -OCH3 is 1. The molecule has 282 valence electrons. The Hall–Kier alpha value is -2.76. The molecule has 0 spiro atoms. The van der Waals surface area contributed by atoms with Crippen LogP contribution in [0.5, 0.6) is 5.75 Å². The van der Waals surface area contributed by atoms with Gasteiger partial charge in [-0.1, -0.05) is 63.1 Å². The molecule has 2 amide bonds. The zero-order valence-corrected chi connectivity index (χ0v) is 33.1. The van der Waals surface area contributed by atoms with Crippen molar-refractivity contribution in [3.05, 3.63) is 70.3 Å². The SMILES string of the molecule is CC.CCCc1cc(Cl)ccc1C1COc2ccc(C(O)C(=O)NSN(C)C3CC3)cc2N(CC2CCC2C(/C=C/CCN(C)C(C)=O)OC)C1. The lowest BCUT2D eigenvalue weighted by Gasteiger charge is -2.43. The first-order chi connectivity index (χ1) is 24.6. The zero-order valence-electron chi connectivity index (χ0n) is 31.6. The van der Waals surface area contributed by atoms with Crippen LogP contribution in [0.25, 0.3) is 0 Å². The Balaban J connectivity index is 0.00000286. The van der Waals surface area contributed by atoms with Crippen molar-refractivity contribution in [1.29, 1.82) is 0 Å². The van der Waals surface area contributed by atoms with Crippen molar-refractivity contribution in [1.82, 2.24) is 13.9 Å². The molecule has 3 aliphatic rings. The van der Waals surface area contributed by atoms with Crippen LogP contribution in [0.15, 0.2) is 48.6 Å². The highest BCUT2D eigenvalue weighted by atomic mass is 35.5. The topological polar surface area (TPSA) is 94.6 Å². The van der Waals surface area contributed by atoms with Gasteiger partial charge in [0, 0.05) is 69.8 Å². The summed E-state index contributed by atoms with van der Waals surface area (Å²) in [4.78, 5) is 28.8. The summed E-state index contributed by atoms with van der Waals surface area (Å²) in [7, 11) is 5.55. The second-order valence-corrected chi connectivity index (χ2v) is 15.2. The lowest BCUT2D eigenvalue weighted by molar-refractivity contribution is -0.128. The zero-order chi connectivity index (χ0) is 37.1. The van der Waals surface area contributed by atoms with E-state index in [-0.39, 0.29) is 17.9 Å². The predicted molar refractivity (Wildman–Crippen MR) is 209 cm³/mol. The number of hydrogen-bond donors (Lipinski definition) is 2. The van der Waals surface area contributed by atoms with E-state index < -0.39 is 12.0 Å². The number of amides is 2. The average Bonchev–Trinajstić information content (AvgIpc) is 3.99. The molecule has 0 radical (unpaired) electrons. The lowest BCUT2D eigenvalue weighted by Crippen LogP contribution is -2.44. The van der Waals surface area contributed by atoms with E-state index in [9.17, 15) is 14.7 Å². The second-order valence-electron chi connectivity index (χ2n) is 13.8. The molecule has 11 heteroatoms. The first-order valence-corrected chi connectivity index (χ1v) is 19.8.